The van der Waals surface area contributed by atoms with Gasteiger partial charge in [-0.1, -0.05) is 17.7 Å². The number of hydrogen-bond donors (Lipinski definition) is 1. The topological polar surface area (TPSA) is 64.9 Å². The highest BCUT2D eigenvalue weighted by Gasteiger charge is 2.25. The molecule has 3 aromatic rings. The summed E-state index contributed by atoms with van der Waals surface area (Å²) in [6, 6.07) is 15.9. The normalized spacial score (nSPS) is 17.6. The summed E-state index contributed by atoms with van der Waals surface area (Å²) in [6.45, 7) is 6.37. The van der Waals surface area contributed by atoms with Gasteiger partial charge in [0.1, 0.15) is 0 Å². The molecule has 0 saturated carbocycles. The van der Waals surface area contributed by atoms with Gasteiger partial charge in [-0.3, -0.25) is 4.79 Å². The Kier molecular flexibility index (Phi) is 4.82. The Bertz CT molecular complexity index is 1260. The molecular formula is C24H21N3O3S. The summed E-state index contributed by atoms with van der Waals surface area (Å²) in [6.07, 6.45) is 1.92. The molecule has 0 unspecified atom stereocenters. The first-order valence-electron chi connectivity index (χ1n) is 9.93. The van der Waals surface area contributed by atoms with Gasteiger partial charge in [0.2, 0.25) is 6.79 Å². The Hall–Kier alpha value is -3.45. The summed E-state index contributed by atoms with van der Waals surface area (Å²) >= 11 is 1.35. The molecule has 6 nitrogen and oxygen atoms in total. The summed E-state index contributed by atoms with van der Waals surface area (Å²) in [7, 11) is 0. The number of aliphatic imine (C=N–C) groups is 1. The molecule has 1 N–H and O–H groups in total. The van der Waals surface area contributed by atoms with E-state index in [0.717, 1.165) is 39.8 Å². The average molecular weight is 432 g/mol. The number of aromatic nitrogens is 1. The minimum absolute atomic E-state index is 0.135. The maximum absolute atomic E-state index is 12.5. The predicted octanol–water partition coefficient (Wildman–Crippen LogP) is 5.02. The molecule has 0 radical (unpaired) electrons. The molecule has 0 spiro atoms. The fourth-order valence-corrected chi connectivity index (χ4v) is 4.55. The van der Waals surface area contributed by atoms with Gasteiger partial charge in [0.05, 0.1) is 10.6 Å². The SMILES string of the molecule is Cc1ccc(N=C2NC(=O)/C(=C\c3cc(C)n(-c4ccc5c(c4)OCO5)c3C)S2)cc1. The third-order valence-corrected chi connectivity index (χ3v) is 6.20. The molecule has 1 aromatic heterocycles. The summed E-state index contributed by atoms with van der Waals surface area (Å²) < 4.78 is 13.1. The quantitative estimate of drug-likeness (QED) is 0.591. The van der Waals surface area contributed by atoms with Crippen molar-refractivity contribution in [3.05, 3.63) is 76.0 Å². The van der Waals surface area contributed by atoms with Gasteiger partial charge in [0.15, 0.2) is 16.7 Å². The first kappa shape index (κ1) is 19.5. The van der Waals surface area contributed by atoms with Crippen LogP contribution >= 0.6 is 11.8 Å². The molecular weight excluding hydrogens is 410 g/mol. The molecule has 1 amide bonds. The van der Waals surface area contributed by atoms with E-state index in [1.54, 1.807) is 0 Å². The highest BCUT2D eigenvalue weighted by atomic mass is 32.2. The fraction of sp³-hybridized carbons (Fsp3) is 0.167. The number of carbonyl (C=O) groups excluding carboxylic acids is 1. The van der Waals surface area contributed by atoms with Gasteiger partial charge < -0.3 is 19.4 Å². The summed E-state index contributed by atoms with van der Waals surface area (Å²) in [5.74, 6) is 1.37. The van der Waals surface area contributed by atoms with E-state index < -0.39 is 0 Å². The highest BCUT2D eigenvalue weighted by Crippen LogP contribution is 2.36. The molecule has 1 fully saturated rings. The predicted molar refractivity (Wildman–Crippen MR) is 123 cm³/mol. The molecule has 2 aliphatic heterocycles. The standard InChI is InChI=1S/C24H21N3O3S/c1-14-4-6-18(7-5-14)25-24-26-23(28)22(31-24)11-17-10-15(2)27(16(17)3)19-8-9-20-21(12-19)30-13-29-20/h4-12H,13H2,1-3H3,(H,25,26,28)/b22-11+. The fourth-order valence-electron chi connectivity index (χ4n) is 3.71. The number of thioether (sulfide) groups is 1. The number of carbonyl (C=O) groups is 1. The van der Waals surface area contributed by atoms with E-state index >= 15 is 0 Å². The average Bonchev–Trinajstić information content (AvgIpc) is 3.42. The number of fused-ring (bicyclic) bond motifs is 1. The van der Waals surface area contributed by atoms with E-state index in [0.29, 0.717) is 10.1 Å². The Morgan fingerprint density at radius 3 is 2.61 bits per heavy atom. The lowest BCUT2D eigenvalue weighted by molar-refractivity contribution is -0.115. The lowest BCUT2D eigenvalue weighted by Gasteiger charge is -2.10. The van der Waals surface area contributed by atoms with Crippen LogP contribution in [0.1, 0.15) is 22.5 Å². The van der Waals surface area contributed by atoms with Crippen LogP contribution in [0, 0.1) is 20.8 Å². The van der Waals surface area contributed by atoms with Gasteiger partial charge in [-0.2, -0.15) is 0 Å². The highest BCUT2D eigenvalue weighted by molar-refractivity contribution is 8.18. The van der Waals surface area contributed by atoms with Gasteiger partial charge in [-0.05, 0) is 74.5 Å². The maximum Gasteiger partial charge on any atom is 0.264 e. The summed E-state index contributed by atoms with van der Waals surface area (Å²) in [4.78, 5) is 17.7. The van der Waals surface area contributed by atoms with Crippen LogP contribution in [0.25, 0.3) is 11.8 Å². The van der Waals surface area contributed by atoms with Crippen LogP contribution in [0.2, 0.25) is 0 Å². The van der Waals surface area contributed by atoms with Crippen LogP contribution < -0.4 is 14.8 Å². The lowest BCUT2D eigenvalue weighted by Crippen LogP contribution is -2.19. The smallest absolute Gasteiger partial charge is 0.264 e. The lowest BCUT2D eigenvalue weighted by atomic mass is 10.2. The second-order valence-electron chi connectivity index (χ2n) is 7.52. The van der Waals surface area contributed by atoms with Gasteiger partial charge in [0, 0.05) is 23.1 Å². The Morgan fingerprint density at radius 2 is 1.81 bits per heavy atom. The van der Waals surface area contributed by atoms with Crippen LogP contribution in [0.15, 0.2) is 58.4 Å². The van der Waals surface area contributed by atoms with Crippen molar-refractivity contribution in [1.82, 2.24) is 9.88 Å². The van der Waals surface area contributed by atoms with Gasteiger partial charge in [-0.15, -0.1) is 0 Å². The van der Waals surface area contributed by atoms with Crippen molar-refractivity contribution in [2.24, 2.45) is 4.99 Å². The Morgan fingerprint density at radius 1 is 1.03 bits per heavy atom. The molecule has 1 saturated heterocycles. The summed E-state index contributed by atoms with van der Waals surface area (Å²) in [5, 5.41) is 3.44. The number of rotatable bonds is 3. The molecule has 2 aromatic carbocycles. The zero-order chi connectivity index (χ0) is 21.5. The molecule has 31 heavy (non-hydrogen) atoms. The number of ether oxygens (including phenoxy) is 2. The van der Waals surface area contributed by atoms with E-state index in [4.69, 9.17) is 9.47 Å². The molecule has 5 rings (SSSR count). The zero-order valence-electron chi connectivity index (χ0n) is 17.4. The molecule has 3 heterocycles. The van der Waals surface area contributed by atoms with Gasteiger partial charge >= 0.3 is 0 Å². The van der Waals surface area contributed by atoms with Crippen LogP contribution in [-0.2, 0) is 4.79 Å². The number of benzene rings is 2. The maximum atomic E-state index is 12.5. The van der Waals surface area contributed by atoms with Crippen LogP contribution in [-0.4, -0.2) is 22.4 Å². The number of amides is 1. The van der Waals surface area contributed by atoms with Crippen molar-refractivity contribution in [2.45, 2.75) is 20.8 Å². The Labute approximate surface area is 184 Å². The Balaban J connectivity index is 1.44. The van der Waals surface area contributed by atoms with Gasteiger partial charge in [-0.25, -0.2) is 4.99 Å². The monoisotopic (exact) mass is 431 g/mol. The number of aryl methyl sites for hydroxylation is 2. The molecule has 156 valence electrons. The van der Waals surface area contributed by atoms with Crippen LogP contribution in [0.5, 0.6) is 11.5 Å². The van der Waals surface area contributed by atoms with E-state index in [9.17, 15) is 4.79 Å². The number of amidine groups is 1. The van der Waals surface area contributed by atoms with Crippen LogP contribution in [0.3, 0.4) is 0 Å². The zero-order valence-corrected chi connectivity index (χ0v) is 18.2. The van der Waals surface area contributed by atoms with Crippen molar-refractivity contribution in [2.75, 3.05) is 6.79 Å². The first-order valence-corrected chi connectivity index (χ1v) is 10.7. The molecule has 0 atom stereocenters. The van der Waals surface area contributed by atoms with Crippen molar-refractivity contribution >= 4 is 34.6 Å². The number of hydrogen-bond acceptors (Lipinski definition) is 5. The van der Waals surface area contributed by atoms with Crippen LogP contribution in [0.4, 0.5) is 5.69 Å². The van der Waals surface area contributed by atoms with E-state index in [1.807, 2.05) is 69.3 Å². The van der Waals surface area contributed by atoms with Crippen molar-refractivity contribution < 1.29 is 14.3 Å². The third kappa shape index (κ3) is 3.72. The molecule has 0 bridgehead atoms. The molecule has 0 aliphatic carbocycles. The van der Waals surface area contributed by atoms with E-state index in [-0.39, 0.29) is 12.7 Å². The minimum atomic E-state index is -0.135. The largest absolute Gasteiger partial charge is 0.454 e. The van der Waals surface area contributed by atoms with E-state index in [2.05, 4.69) is 20.9 Å². The van der Waals surface area contributed by atoms with Crippen molar-refractivity contribution in [3.63, 3.8) is 0 Å². The number of nitrogens with zero attached hydrogens (tertiary/aromatic N) is 2. The second kappa shape index (κ2) is 7.67. The van der Waals surface area contributed by atoms with E-state index in [1.165, 1.54) is 17.3 Å². The second-order valence-corrected chi connectivity index (χ2v) is 8.55. The van der Waals surface area contributed by atoms with Crippen molar-refractivity contribution in [1.29, 1.82) is 0 Å². The first-order chi connectivity index (χ1) is 15.0. The molecule has 7 heteroatoms. The third-order valence-electron chi connectivity index (χ3n) is 5.29. The number of nitrogens with one attached hydrogen (secondary N) is 1. The minimum Gasteiger partial charge on any atom is -0.454 e. The molecule has 2 aliphatic rings. The summed E-state index contributed by atoms with van der Waals surface area (Å²) in [5.41, 5.74) is 6.08. The van der Waals surface area contributed by atoms with Gasteiger partial charge in [0.25, 0.3) is 5.91 Å². The van der Waals surface area contributed by atoms with Crippen molar-refractivity contribution in [3.8, 4) is 17.2 Å².